The van der Waals surface area contributed by atoms with Gasteiger partial charge >= 0.3 is 0 Å². The second kappa shape index (κ2) is 7.22. The highest BCUT2D eigenvalue weighted by Gasteiger charge is 2.01. The molecular weight excluding hydrogens is 264 g/mol. The lowest BCUT2D eigenvalue weighted by molar-refractivity contribution is 0.594. The Labute approximate surface area is 115 Å². The van der Waals surface area contributed by atoms with Gasteiger partial charge in [-0.15, -0.1) is 0 Å². The topological polar surface area (TPSA) is 69.0 Å². The molecule has 0 amide bonds. The molecule has 0 spiro atoms. The van der Waals surface area contributed by atoms with Crippen LogP contribution < -0.4 is 5.32 Å². The molecule has 1 rings (SSSR count). The van der Waals surface area contributed by atoms with Gasteiger partial charge < -0.3 is 10.4 Å². The van der Waals surface area contributed by atoms with E-state index >= 15 is 0 Å². The van der Waals surface area contributed by atoms with Gasteiger partial charge in [0.05, 0.1) is 6.20 Å². The Morgan fingerprint density at radius 3 is 3.00 bits per heavy atom. The summed E-state index contributed by atoms with van der Waals surface area (Å²) >= 11 is 0. The molecular formula is C13H17F2N5. The van der Waals surface area contributed by atoms with Crippen molar-refractivity contribution in [2.45, 2.75) is 13.5 Å². The lowest BCUT2D eigenvalue weighted by Gasteiger charge is -2.06. The summed E-state index contributed by atoms with van der Waals surface area (Å²) in [5, 5.41) is 12.7. The van der Waals surface area contributed by atoms with Crippen molar-refractivity contribution in [2.24, 2.45) is 12.0 Å². The van der Waals surface area contributed by atoms with E-state index in [2.05, 4.69) is 22.1 Å². The molecule has 1 aromatic rings. The molecule has 0 aliphatic rings. The first-order chi connectivity index (χ1) is 9.43. The zero-order valence-corrected chi connectivity index (χ0v) is 11.4. The van der Waals surface area contributed by atoms with Gasteiger partial charge in [-0.3, -0.25) is 10.1 Å². The van der Waals surface area contributed by atoms with Crippen LogP contribution in [-0.4, -0.2) is 22.3 Å². The second-order valence-electron chi connectivity index (χ2n) is 4.13. The number of aryl methyl sites for hydroxylation is 2. The molecule has 0 radical (unpaired) electrons. The molecule has 0 saturated carbocycles. The number of H-pyrrole nitrogens is 1. The van der Waals surface area contributed by atoms with Gasteiger partial charge in [-0.05, 0) is 30.8 Å². The first kappa shape index (κ1) is 15.6. The van der Waals surface area contributed by atoms with Gasteiger partial charge in [-0.25, -0.2) is 13.8 Å². The fourth-order valence-corrected chi connectivity index (χ4v) is 1.44. The highest BCUT2D eigenvalue weighted by atomic mass is 19.1. The van der Waals surface area contributed by atoms with Crippen molar-refractivity contribution in [3.63, 3.8) is 0 Å². The lowest BCUT2D eigenvalue weighted by atomic mass is 10.2. The Morgan fingerprint density at radius 2 is 2.35 bits per heavy atom. The molecule has 0 atom stereocenters. The maximum atomic E-state index is 13.4. The monoisotopic (exact) mass is 281 g/mol. The number of rotatable bonds is 4. The van der Waals surface area contributed by atoms with Crippen molar-refractivity contribution in [3.8, 4) is 0 Å². The van der Waals surface area contributed by atoms with Crippen molar-refractivity contribution in [3.05, 3.63) is 47.4 Å². The van der Waals surface area contributed by atoms with Crippen molar-refractivity contribution in [2.75, 3.05) is 0 Å². The Kier molecular flexibility index (Phi) is 5.64. The van der Waals surface area contributed by atoms with Gasteiger partial charge in [0, 0.05) is 26.0 Å². The van der Waals surface area contributed by atoms with E-state index in [1.165, 1.54) is 16.9 Å². The summed E-state index contributed by atoms with van der Waals surface area (Å²) in [4.78, 5) is 3.16. The number of nitrogens with zero attached hydrogens (tertiary/aromatic N) is 2. The maximum absolute atomic E-state index is 13.4. The fourth-order valence-electron chi connectivity index (χ4n) is 1.44. The summed E-state index contributed by atoms with van der Waals surface area (Å²) in [6.07, 6.45) is 4.02. The minimum Gasteiger partial charge on any atom is -0.384 e. The third-order valence-corrected chi connectivity index (χ3v) is 2.53. The maximum Gasteiger partial charge on any atom is 0.182 e. The summed E-state index contributed by atoms with van der Waals surface area (Å²) < 4.78 is 28.1. The van der Waals surface area contributed by atoms with Crippen molar-refractivity contribution < 1.29 is 8.78 Å². The van der Waals surface area contributed by atoms with Crippen molar-refractivity contribution in [1.82, 2.24) is 15.1 Å². The Balaban J connectivity index is 2.91. The Hall–Kier alpha value is -2.44. The van der Waals surface area contributed by atoms with Crippen LogP contribution in [0.3, 0.4) is 0 Å². The molecule has 0 bridgehead atoms. The Morgan fingerprint density at radius 1 is 1.65 bits per heavy atom. The number of aromatic nitrogens is 2. The molecule has 1 heterocycles. The highest BCUT2D eigenvalue weighted by Crippen LogP contribution is 2.06. The van der Waals surface area contributed by atoms with Crippen LogP contribution in [0.15, 0.2) is 35.5 Å². The predicted octanol–water partition coefficient (Wildman–Crippen LogP) is 2.50. The first-order valence-electron chi connectivity index (χ1n) is 5.82. The zero-order valence-electron chi connectivity index (χ0n) is 11.4. The van der Waals surface area contributed by atoms with Crippen LogP contribution in [0.25, 0.3) is 0 Å². The van der Waals surface area contributed by atoms with Gasteiger partial charge in [-0.2, -0.15) is 0 Å². The average Bonchev–Trinajstić information content (AvgIpc) is 2.39. The molecule has 0 aliphatic heterocycles. The summed E-state index contributed by atoms with van der Waals surface area (Å²) in [6.45, 7) is 5.09. The molecule has 1 aromatic heterocycles. The van der Waals surface area contributed by atoms with E-state index < -0.39 is 11.7 Å². The van der Waals surface area contributed by atoms with E-state index in [0.717, 1.165) is 11.8 Å². The van der Waals surface area contributed by atoms with E-state index in [4.69, 9.17) is 5.41 Å². The summed E-state index contributed by atoms with van der Waals surface area (Å²) in [5.74, 6) is -1.74. The van der Waals surface area contributed by atoms with Crippen LogP contribution in [0.4, 0.5) is 8.78 Å². The number of amidine groups is 1. The first-order valence-corrected chi connectivity index (χ1v) is 5.82. The molecule has 0 saturated heterocycles. The number of halogens is 2. The van der Waals surface area contributed by atoms with Crippen molar-refractivity contribution >= 4 is 12.6 Å². The van der Waals surface area contributed by atoms with E-state index in [9.17, 15) is 8.78 Å². The van der Waals surface area contributed by atoms with Gasteiger partial charge in [0.15, 0.2) is 11.7 Å². The summed E-state index contributed by atoms with van der Waals surface area (Å²) in [7, 11) is 1.66. The molecule has 7 heteroatoms. The number of aliphatic imine (C=N–C) groups is 1. The third-order valence-electron chi connectivity index (χ3n) is 2.53. The molecule has 3 N–H and O–H groups in total. The smallest absolute Gasteiger partial charge is 0.182 e. The fraction of sp³-hybridized carbons (Fsp3) is 0.231. The number of hydrogen-bond acceptors (Lipinski definition) is 2. The van der Waals surface area contributed by atoms with Crippen LogP contribution in [0.1, 0.15) is 11.1 Å². The van der Waals surface area contributed by atoms with Crippen LogP contribution in [0, 0.1) is 18.2 Å². The quantitative estimate of drug-likeness (QED) is 0.576. The van der Waals surface area contributed by atoms with E-state index in [1.807, 2.05) is 0 Å². The molecule has 0 unspecified atom stereocenters. The SMILES string of the molecule is C=NC(=N)C(F)=CNCc1c[nH]n(C)cc(F)cc1C. The van der Waals surface area contributed by atoms with Crippen LogP contribution in [0.5, 0.6) is 0 Å². The highest BCUT2D eigenvalue weighted by molar-refractivity contribution is 5.96. The lowest BCUT2D eigenvalue weighted by Crippen LogP contribution is -2.09. The molecule has 0 fully saturated rings. The molecule has 108 valence electrons. The predicted molar refractivity (Wildman–Crippen MR) is 75.4 cm³/mol. The van der Waals surface area contributed by atoms with E-state index in [1.54, 1.807) is 20.2 Å². The van der Waals surface area contributed by atoms with Gasteiger partial charge in [0.25, 0.3) is 0 Å². The van der Waals surface area contributed by atoms with Gasteiger partial charge in [0.1, 0.15) is 5.82 Å². The minimum atomic E-state index is -0.816. The average molecular weight is 281 g/mol. The third kappa shape index (κ3) is 4.68. The summed E-state index contributed by atoms with van der Waals surface area (Å²) in [6, 6.07) is 1.39. The van der Waals surface area contributed by atoms with Gasteiger partial charge in [-0.1, -0.05) is 0 Å². The molecule has 5 nitrogen and oxygen atoms in total. The zero-order chi connectivity index (χ0) is 15.1. The normalized spacial score (nSPS) is 10.9. The second-order valence-corrected chi connectivity index (χ2v) is 4.13. The van der Waals surface area contributed by atoms with Crippen LogP contribution >= 0.6 is 0 Å². The number of aromatic amines is 1. The van der Waals surface area contributed by atoms with Crippen LogP contribution in [-0.2, 0) is 13.6 Å². The van der Waals surface area contributed by atoms with Crippen LogP contribution in [0.2, 0.25) is 0 Å². The Bertz CT molecular complexity index is 582. The van der Waals surface area contributed by atoms with E-state index in [-0.39, 0.29) is 12.4 Å². The van der Waals surface area contributed by atoms with E-state index in [0.29, 0.717) is 5.56 Å². The molecule has 0 aliphatic carbocycles. The van der Waals surface area contributed by atoms with Crippen molar-refractivity contribution in [1.29, 1.82) is 5.41 Å². The minimum absolute atomic E-state index is 0.272. The standard InChI is InChI=1S/C13H17F2N5/c1-9-4-11(14)8-20(3)19-6-10(9)5-18-7-12(15)13(16)17-2/h4,6-8,16,18-19H,2,5H2,1,3H3. The molecule has 20 heavy (non-hydrogen) atoms. The molecule has 0 aromatic carbocycles. The number of hydrogen-bond donors (Lipinski definition) is 3. The summed E-state index contributed by atoms with van der Waals surface area (Å²) in [5.41, 5.74) is 1.46. The van der Waals surface area contributed by atoms with Gasteiger partial charge in [0.2, 0.25) is 0 Å². The number of nitrogens with one attached hydrogen (secondary N) is 3. The largest absolute Gasteiger partial charge is 0.384 e.